The molecule has 1 saturated heterocycles. The number of nitrogens with zero attached hydrogens (tertiary/aromatic N) is 4. The Balaban J connectivity index is 1.38. The molecular weight excluding hydrogens is 622 g/mol. The van der Waals surface area contributed by atoms with E-state index in [1.165, 1.54) is 18.2 Å². The van der Waals surface area contributed by atoms with Crippen molar-refractivity contribution >= 4 is 33.5 Å². The van der Waals surface area contributed by atoms with Gasteiger partial charge in [-0.05, 0) is 61.1 Å². The van der Waals surface area contributed by atoms with Crippen LogP contribution in [-0.4, -0.2) is 71.0 Å². The number of amides is 1. The van der Waals surface area contributed by atoms with Crippen molar-refractivity contribution in [3.8, 4) is 11.3 Å². The number of sulfonamides is 1. The van der Waals surface area contributed by atoms with Gasteiger partial charge in [0.1, 0.15) is 5.15 Å². The van der Waals surface area contributed by atoms with E-state index in [2.05, 4.69) is 45.6 Å². The molecule has 2 N–H and O–H groups in total. The van der Waals surface area contributed by atoms with Crippen LogP contribution in [0, 0.1) is 19.8 Å². The molecule has 1 fully saturated rings. The van der Waals surface area contributed by atoms with Crippen LogP contribution in [0.2, 0.25) is 5.15 Å². The minimum absolute atomic E-state index is 0.0148. The van der Waals surface area contributed by atoms with Gasteiger partial charge in [0.15, 0.2) is 0 Å². The van der Waals surface area contributed by atoms with Crippen molar-refractivity contribution in [1.29, 1.82) is 0 Å². The average molecular weight is 662 g/mol. The fourth-order valence-corrected chi connectivity index (χ4v) is 7.26. The van der Waals surface area contributed by atoms with E-state index in [0.29, 0.717) is 31.2 Å². The van der Waals surface area contributed by atoms with E-state index in [9.17, 15) is 18.3 Å². The molecule has 9 nitrogen and oxygen atoms in total. The van der Waals surface area contributed by atoms with E-state index in [-0.39, 0.29) is 40.1 Å². The van der Waals surface area contributed by atoms with Gasteiger partial charge >= 0.3 is 0 Å². The second-order valence-corrected chi connectivity index (χ2v) is 14.4. The Morgan fingerprint density at radius 3 is 2.35 bits per heavy atom. The first-order chi connectivity index (χ1) is 21.9. The third-order valence-corrected chi connectivity index (χ3v) is 9.65. The Morgan fingerprint density at radius 2 is 1.65 bits per heavy atom. The number of hydrogen-bond donors (Lipinski definition) is 2. The van der Waals surface area contributed by atoms with Crippen LogP contribution in [0.25, 0.3) is 11.3 Å². The third kappa shape index (κ3) is 8.11. The Morgan fingerprint density at radius 1 is 0.957 bits per heavy atom. The predicted octanol–water partition coefficient (Wildman–Crippen LogP) is 5.95. The monoisotopic (exact) mass is 661 g/mol. The van der Waals surface area contributed by atoms with Crippen molar-refractivity contribution in [3.63, 3.8) is 0 Å². The second-order valence-electron chi connectivity index (χ2n) is 12.4. The SMILES string of the molecule is Cc1cccc(C)c1-c1cc(Cl)nc(NS(=O)(=O)c2cccc(C(=O)N3CC(O)CN(Cc4ccccc4)[C@@H](CC(C)C)C3)c2)n1. The van der Waals surface area contributed by atoms with Crippen LogP contribution < -0.4 is 4.72 Å². The Labute approximate surface area is 276 Å². The number of nitrogens with one attached hydrogen (secondary N) is 1. The van der Waals surface area contributed by atoms with Gasteiger partial charge in [0.25, 0.3) is 15.9 Å². The van der Waals surface area contributed by atoms with Gasteiger partial charge in [-0.25, -0.2) is 23.1 Å². The van der Waals surface area contributed by atoms with Gasteiger partial charge in [-0.1, -0.05) is 80.0 Å². The highest BCUT2D eigenvalue weighted by Crippen LogP contribution is 2.29. The number of anilines is 1. The molecule has 0 spiro atoms. The summed E-state index contributed by atoms with van der Waals surface area (Å²) in [6.45, 7) is 9.82. The van der Waals surface area contributed by atoms with Crippen LogP contribution in [0.1, 0.15) is 47.3 Å². The summed E-state index contributed by atoms with van der Waals surface area (Å²) in [6, 6.07) is 23.4. The molecular formula is C35H40ClN5O4S. The Hall–Kier alpha value is -3.83. The maximum absolute atomic E-state index is 13.9. The first-order valence-corrected chi connectivity index (χ1v) is 17.2. The van der Waals surface area contributed by atoms with E-state index < -0.39 is 16.1 Å². The van der Waals surface area contributed by atoms with Gasteiger partial charge in [0.05, 0.1) is 16.7 Å². The first-order valence-electron chi connectivity index (χ1n) is 15.4. The summed E-state index contributed by atoms with van der Waals surface area (Å²) in [5, 5.41) is 11.1. The summed E-state index contributed by atoms with van der Waals surface area (Å²) < 4.78 is 29.5. The summed E-state index contributed by atoms with van der Waals surface area (Å²) in [5.41, 5.74) is 4.61. The molecule has 3 aromatic carbocycles. The highest BCUT2D eigenvalue weighted by atomic mass is 35.5. The Kier molecular flexibility index (Phi) is 10.4. The van der Waals surface area contributed by atoms with E-state index in [1.807, 2.05) is 50.2 Å². The van der Waals surface area contributed by atoms with Crippen LogP contribution in [0.5, 0.6) is 0 Å². The van der Waals surface area contributed by atoms with Gasteiger partial charge in [0, 0.05) is 49.4 Å². The lowest BCUT2D eigenvalue weighted by molar-refractivity contribution is 0.0660. The standard InChI is InChI=1S/C35H40ClN5O4S/c1-23(2)16-28-20-41(22-29(42)21-40(28)19-26-12-6-5-7-13-26)34(43)27-14-9-15-30(17-27)46(44,45)39-35-37-31(18-32(36)38-35)33-24(3)10-8-11-25(33)4/h5-15,17-18,23,28-29,42H,16,19-22H2,1-4H3,(H,37,38,39)/t28-,29?/m0/s1. The lowest BCUT2D eigenvalue weighted by Gasteiger charge is -2.33. The van der Waals surface area contributed by atoms with Crippen molar-refractivity contribution in [1.82, 2.24) is 19.8 Å². The molecule has 0 bridgehead atoms. The normalized spacial score (nSPS) is 17.6. The summed E-state index contributed by atoms with van der Waals surface area (Å²) in [7, 11) is -4.19. The van der Waals surface area contributed by atoms with Crippen LogP contribution in [-0.2, 0) is 16.6 Å². The number of hydrogen-bond acceptors (Lipinski definition) is 7. The lowest BCUT2D eigenvalue weighted by atomic mass is 10.00. The molecule has 1 aliphatic heterocycles. The van der Waals surface area contributed by atoms with Crippen molar-refractivity contribution in [2.24, 2.45) is 5.92 Å². The molecule has 0 aliphatic carbocycles. The Bertz CT molecular complexity index is 1780. The largest absolute Gasteiger partial charge is 0.390 e. The molecule has 46 heavy (non-hydrogen) atoms. The van der Waals surface area contributed by atoms with Crippen molar-refractivity contribution in [2.45, 2.75) is 57.7 Å². The summed E-state index contributed by atoms with van der Waals surface area (Å²) in [6.07, 6.45) is 0.0789. The number of benzene rings is 3. The van der Waals surface area contributed by atoms with Crippen LogP contribution in [0.3, 0.4) is 0 Å². The van der Waals surface area contributed by atoms with Crippen LogP contribution >= 0.6 is 11.6 Å². The molecule has 4 aromatic rings. The molecule has 242 valence electrons. The molecule has 1 aromatic heterocycles. The molecule has 2 atom stereocenters. The summed E-state index contributed by atoms with van der Waals surface area (Å²) in [4.78, 5) is 26.2. The van der Waals surface area contributed by atoms with Gasteiger partial charge in [-0.3, -0.25) is 9.69 Å². The number of aryl methyl sites for hydroxylation is 2. The first kappa shape index (κ1) is 33.5. The number of carbonyl (C=O) groups excluding carboxylic acids is 1. The quantitative estimate of drug-likeness (QED) is 0.213. The van der Waals surface area contributed by atoms with Crippen molar-refractivity contribution in [2.75, 3.05) is 24.4 Å². The van der Waals surface area contributed by atoms with Crippen LogP contribution in [0.4, 0.5) is 5.95 Å². The number of β-amino-alcohol motifs (C(OH)–C–C–N with tert-alkyl or cyclic N) is 1. The predicted molar refractivity (Wildman–Crippen MR) is 181 cm³/mol. The number of carbonyl (C=O) groups is 1. The highest BCUT2D eigenvalue weighted by Gasteiger charge is 2.32. The van der Waals surface area contributed by atoms with Gasteiger partial charge < -0.3 is 10.0 Å². The average Bonchev–Trinajstić information content (AvgIpc) is 3.14. The summed E-state index contributed by atoms with van der Waals surface area (Å²) >= 11 is 6.30. The summed E-state index contributed by atoms with van der Waals surface area (Å²) in [5.74, 6) is -0.144. The smallest absolute Gasteiger partial charge is 0.264 e. The van der Waals surface area contributed by atoms with E-state index >= 15 is 0 Å². The minimum atomic E-state index is -4.19. The number of aliphatic hydroxyl groups excluding tert-OH is 1. The number of halogens is 1. The molecule has 2 heterocycles. The van der Waals surface area contributed by atoms with Crippen molar-refractivity contribution in [3.05, 3.63) is 106 Å². The number of aliphatic hydroxyl groups is 1. The molecule has 1 unspecified atom stereocenters. The highest BCUT2D eigenvalue weighted by molar-refractivity contribution is 7.92. The third-order valence-electron chi connectivity index (χ3n) is 8.13. The van der Waals surface area contributed by atoms with Gasteiger partial charge in [-0.2, -0.15) is 0 Å². The van der Waals surface area contributed by atoms with E-state index in [0.717, 1.165) is 28.7 Å². The van der Waals surface area contributed by atoms with E-state index in [4.69, 9.17) is 11.6 Å². The molecule has 1 aliphatic rings. The lowest BCUT2D eigenvalue weighted by Crippen LogP contribution is -2.43. The van der Waals surface area contributed by atoms with E-state index in [1.54, 1.807) is 17.0 Å². The fourth-order valence-electron chi connectivity index (χ4n) is 6.09. The van der Waals surface area contributed by atoms with Gasteiger partial charge in [-0.15, -0.1) is 0 Å². The molecule has 1 amide bonds. The zero-order chi connectivity index (χ0) is 33.0. The number of rotatable bonds is 9. The topological polar surface area (TPSA) is 116 Å². The molecule has 0 saturated carbocycles. The molecule has 5 rings (SSSR count). The maximum atomic E-state index is 13.9. The second kappa shape index (κ2) is 14.3. The minimum Gasteiger partial charge on any atom is -0.390 e. The molecule has 0 radical (unpaired) electrons. The maximum Gasteiger partial charge on any atom is 0.264 e. The van der Waals surface area contributed by atoms with Gasteiger partial charge in [0.2, 0.25) is 5.95 Å². The molecule has 11 heteroatoms. The zero-order valence-corrected chi connectivity index (χ0v) is 28.1. The zero-order valence-electron chi connectivity index (χ0n) is 26.5. The van der Waals surface area contributed by atoms with Crippen molar-refractivity contribution < 1.29 is 18.3 Å². The fraction of sp³-hybridized carbons (Fsp3) is 0.343. The van der Waals surface area contributed by atoms with Crippen LogP contribution in [0.15, 0.2) is 83.8 Å². The number of aromatic nitrogens is 2.